The number of benzene rings is 12. The smallest absolute Gasteiger partial charge is 0.164 e. The minimum Gasteiger partial charge on any atom is -0.309 e. The Labute approximate surface area is 761 Å². The van der Waals surface area contributed by atoms with Crippen molar-refractivity contribution < 1.29 is 0 Å². The summed E-state index contributed by atoms with van der Waals surface area (Å²) in [4.78, 5) is 42.1. The molecule has 0 saturated heterocycles. The predicted octanol–water partition coefficient (Wildman–Crippen LogP) is 30.2. The van der Waals surface area contributed by atoms with E-state index in [-0.39, 0.29) is 0 Å². The van der Waals surface area contributed by atoms with Gasteiger partial charge in [-0.25, -0.2) is 24.9 Å². The third kappa shape index (κ3) is 13.9. The van der Waals surface area contributed by atoms with E-state index < -0.39 is 0 Å². The molecule has 17 heteroatoms. The SMILES string of the molecule is c1ccc(-c2cccc(-n3c4ccccc4c4c5sccc5ccc43)c2)nc1.c1ccc(-c2cccc(-n3c4ccccc4c4c5sccc5ccc43)n2)cc1.c1ccc(-c2cccc(-n3c4ccccc4c4c5sccc5ccc43)n2)nc1.c1ccc2c(c1)c1c3sccc3ccc1n2-c1ccc(-c2nc(-c3ccncc3)nc(-c3ccc(-c4ccncc4)cc3)n2)cc1. The van der Waals surface area contributed by atoms with Crippen LogP contribution in [0.4, 0.5) is 0 Å². The minimum absolute atomic E-state index is 0.604. The molecule has 130 heavy (non-hydrogen) atoms. The van der Waals surface area contributed by atoms with Crippen LogP contribution >= 0.6 is 45.3 Å². The summed E-state index contributed by atoms with van der Waals surface area (Å²) in [5.74, 6) is 3.69. The Kier molecular flexibility index (Phi) is 19.7. The first-order valence-electron chi connectivity index (χ1n) is 42.8. The van der Waals surface area contributed by atoms with Crippen molar-refractivity contribution >= 4 is 173 Å². The summed E-state index contributed by atoms with van der Waals surface area (Å²) in [5, 5.41) is 24.2. The Hall–Kier alpha value is -16.4. The van der Waals surface area contributed by atoms with Crippen molar-refractivity contribution in [3.8, 4) is 102 Å². The Morgan fingerprint density at radius 3 is 1.00 bits per heavy atom. The fraction of sp³-hybridized carbons (Fsp3) is 0. The molecule has 0 fully saturated rings. The number of nitrogens with zero attached hydrogens (tertiary/aromatic N) is 13. The van der Waals surface area contributed by atoms with Crippen LogP contribution in [0.25, 0.3) is 230 Å². The maximum atomic E-state index is 5.02. The van der Waals surface area contributed by atoms with Gasteiger partial charge in [-0.3, -0.25) is 29.1 Å². The van der Waals surface area contributed by atoms with Crippen LogP contribution < -0.4 is 0 Å². The highest BCUT2D eigenvalue weighted by Crippen LogP contribution is 2.45. The van der Waals surface area contributed by atoms with Gasteiger partial charge in [-0.15, -0.1) is 45.3 Å². The zero-order chi connectivity index (χ0) is 86.0. The molecule has 0 amide bonds. The maximum Gasteiger partial charge on any atom is 0.164 e. The van der Waals surface area contributed by atoms with Crippen molar-refractivity contribution in [1.82, 2.24) is 63.1 Å². The van der Waals surface area contributed by atoms with Crippen LogP contribution in [-0.4, -0.2) is 63.1 Å². The lowest BCUT2D eigenvalue weighted by Gasteiger charge is -2.11. The summed E-state index contributed by atoms with van der Waals surface area (Å²) in [5.41, 5.74) is 22.8. The van der Waals surface area contributed by atoms with Crippen LogP contribution in [0.1, 0.15) is 0 Å². The van der Waals surface area contributed by atoms with Crippen molar-refractivity contribution in [2.24, 2.45) is 0 Å². The maximum absolute atomic E-state index is 5.02. The van der Waals surface area contributed by atoms with Crippen LogP contribution in [0, 0.1) is 0 Å². The molecule has 0 aliphatic carbocycles. The zero-order valence-electron chi connectivity index (χ0n) is 69.4. The van der Waals surface area contributed by atoms with E-state index in [0.717, 1.165) is 84.7 Å². The molecular weight excluding hydrogens is 1670 g/mol. The van der Waals surface area contributed by atoms with E-state index in [4.69, 9.17) is 24.9 Å². The largest absolute Gasteiger partial charge is 0.309 e. The molecular formula is C113H71N13S4. The lowest BCUT2D eigenvalue weighted by Crippen LogP contribution is -2.00. The molecule has 27 aromatic rings. The topological polar surface area (TPSA) is 136 Å². The van der Waals surface area contributed by atoms with E-state index in [0.29, 0.717) is 17.5 Å². The molecule has 15 aromatic heterocycles. The Morgan fingerprint density at radius 2 is 0.538 bits per heavy atom. The van der Waals surface area contributed by atoms with Crippen molar-refractivity contribution in [3.63, 3.8) is 0 Å². The van der Waals surface area contributed by atoms with Gasteiger partial charge in [0.25, 0.3) is 0 Å². The first-order valence-corrected chi connectivity index (χ1v) is 46.3. The fourth-order valence-electron chi connectivity index (χ4n) is 18.2. The average Bonchev–Trinajstić information content (AvgIpc) is 1.59. The van der Waals surface area contributed by atoms with E-state index in [1.807, 2.05) is 84.3 Å². The van der Waals surface area contributed by atoms with Gasteiger partial charge in [0, 0.05) is 138 Å². The molecule has 0 spiro atoms. The standard InChI is InChI=1S/C39H24N6S.2C25H16N2S.C24H15N3S/c1-2-4-33-32(3-1)35-34(14-11-27-19-24-46-36(27)35)45(33)31-12-9-29(10-13-31)38-42-37(43-39(44-38)30-17-22-41-23-18-30)28-7-5-25(6-8-28)26-15-20-40-21-16-26;1-2-10-22-20(8-1)24-23(12-11-17-13-15-28-25(17)24)27(22)19-7-5-6-18(16-19)21-9-3-4-14-26-21;1-2-7-17(8-3-1)20-10-6-12-23(26-20)27-21-11-5-4-9-19(21)24-22(27)14-13-18-15-16-28-25(18)24;1-2-9-20-17(6-1)23-21(12-11-16-13-15-28-24(16)23)27(20)22-10-5-8-19(26-22)18-7-3-4-14-25-18/h1-24H;2*1-16H;1-15H. The molecule has 0 unspecified atom stereocenters. The molecule has 612 valence electrons. The molecule has 0 bridgehead atoms. The summed E-state index contributed by atoms with van der Waals surface area (Å²) < 4.78 is 14.6. The van der Waals surface area contributed by atoms with Crippen LogP contribution in [0.15, 0.2) is 429 Å². The average molecular weight is 1740 g/mol. The highest BCUT2D eigenvalue weighted by atomic mass is 32.1. The number of para-hydroxylation sites is 4. The number of rotatable bonds is 11. The lowest BCUT2D eigenvalue weighted by atomic mass is 10.0. The fourth-order valence-corrected chi connectivity index (χ4v) is 22.0. The van der Waals surface area contributed by atoms with Gasteiger partial charge in [0.05, 0.1) is 66.9 Å². The number of fused-ring (bicyclic) bond motifs is 20. The third-order valence-electron chi connectivity index (χ3n) is 24.1. The van der Waals surface area contributed by atoms with Crippen molar-refractivity contribution in [3.05, 3.63) is 429 Å². The molecule has 15 heterocycles. The number of hydrogen-bond donors (Lipinski definition) is 0. The molecule has 0 saturated carbocycles. The second-order valence-corrected chi connectivity index (χ2v) is 35.3. The molecule has 0 aliphatic rings. The van der Waals surface area contributed by atoms with Crippen LogP contribution in [0.3, 0.4) is 0 Å². The quantitative estimate of drug-likeness (QED) is 0.124. The highest BCUT2D eigenvalue weighted by molar-refractivity contribution is 7.19. The van der Waals surface area contributed by atoms with E-state index in [2.05, 4.69) is 363 Å². The molecule has 0 atom stereocenters. The summed E-state index contributed by atoms with van der Waals surface area (Å²) in [6.45, 7) is 0. The third-order valence-corrected chi connectivity index (χ3v) is 27.9. The number of thiophene rings is 4. The first-order chi connectivity index (χ1) is 64.5. The van der Waals surface area contributed by atoms with Gasteiger partial charge in [-0.05, 0) is 236 Å². The molecule has 0 radical (unpaired) electrons. The van der Waals surface area contributed by atoms with Gasteiger partial charge in [-0.2, -0.15) is 0 Å². The Balaban J connectivity index is 0.0000000987. The molecule has 0 N–H and O–H groups in total. The van der Waals surface area contributed by atoms with Gasteiger partial charge in [-0.1, -0.05) is 188 Å². The molecule has 12 aromatic carbocycles. The second-order valence-electron chi connectivity index (χ2n) is 31.6. The van der Waals surface area contributed by atoms with E-state index >= 15 is 0 Å². The van der Waals surface area contributed by atoms with E-state index in [1.54, 1.807) is 65.0 Å². The van der Waals surface area contributed by atoms with E-state index in [1.165, 1.54) is 128 Å². The Bertz CT molecular complexity index is 8390. The van der Waals surface area contributed by atoms with Gasteiger partial charge in [0.1, 0.15) is 11.6 Å². The normalized spacial score (nSPS) is 11.5. The number of pyridine rings is 6. The summed E-state index contributed by atoms with van der Waals surface area (Å²) in [6.07, 6.45) is 10.8. The van der Waals surface area contributed by atoms with Crippen LogP contribution in [0.5, 0.6) is 0 Å². The van der Waals surface area contributed by atoms with Crippen molar-refractivity contribution in [2.75, 3.05) is 0 Å². The van der Waals surface area contributed by atoms with Crippen LogP contribution in [0.2, 0.25) is 0 Å². The molecule has 27 rings (SSSR count). The van der Waals surface area contributed by atoms with Crippen molar-refractivity contribution in [2.45, 2.75) is 0 Å². The van der Waals surface area contributed by atoms with Gasteiger partial charge >= 0.3 is 0 Å². The second kappa shape index (κ2) is 33.2. The Morgan fingerprint density at radius 1 is 0.192 bits per heavy atom. The summed E-state index contributed by atoms with van der Waals surface area (Å²) in [7, 11) is 0. The summed E-state index contributed by atoms with van der Waals surface area (Å²) in [6, 6.07) is 129. The number of aromatic nitrogens is 13. The lowest BCUT2D eigenvalue weighted by molar-refractivity contribution is 1.07. The number of hydrogen-bond acceptors (Lipinski definition) is 13. The summed E-state index contributed by atoms with van der Waals surface area (Å²) >= 11 is 7.22. The van der Waals surface area contributed by atoms with E-state index in [9.17, 15) is 0 Å². The minimum atomic E-state index is 0.604. The molecule has 13 nitrogen and oxygen atoms in total. The van der Waals surface area contributed by atoms with Gasteiger partial charge in [0.15, 0.2) is 17.5 Å². The van der Waals surface area contributed by atoms with Gasteiger partial charge < -0.3 is 9.13 Å². The highest BCUT2D eigenvalue weighted by Gasteiger charge is 2.23. The van der Waals surface area contributed by atoms with Crippen LogP contribution in [-0.2, 0) is 0 Å². The predicted molar refractivity (Wildman–Crippen MR) is 543 cm³/mol. The van der Waals surface area contributed by atoms with Gasteiger partial charge in [0.2, 0.25) is 0 Å². The zero-order valence-corrected chi connectivity index (χ0v) is 72.7. The van der Waals surface area contributed by atoms with Crippen molar-refractivity contribution in [1.29, 1.82) is 0 Å². The monoisotopic (exact) mass is 1740 g/mol. The molecule has 0 aliphatic heterocycles. The first kappa shape index (κ1) is 77.2.